The van der Waals surface area contributed by atoms with E-state index in [9.17, 15) is 0 Å². The van der Waals surface area contributed by atoms with E-state index < -0.39 is 0 Å². The number of rotatable bonds is 2. The fraction of sp³-hybridized carbons (Fsp3) is 0.375. The number of halogens is 1. The minimum absolute atomic E-state index is 0.339. The number of aromatic nitrogens is 1. The minimum atomic E-state index is 0.339. The van der Waals surface area contributed by atoms with Gasteiger partial charge in [0, 0.05) is 12.1 Å². The van der Waals surface area contributed by atoms with Crippen molar-refractivity contribution in [3.8, 4) is 0 Å². The molecule has 12 heavy (non-hydrogen) atoms. The van der Waals surface area contributed by atoms with Crippen LogP contribution in [0.3, 0.4) is 0 Å². The van der Waals surface area contributed by atoms with Gasteiger partial charge in [-0.1, -0.05) is 11.6 Å². The van der Waals surface area contributed by atoms with Crippen LogP contribution < -0.4 is 11.1 Å². The third-order valence-electron chi connectivity index (χ3n) is 1.35. The predicted molar refractivity (Wildman–Crippen MR) is 52.4 cm³/mol. The third kappa shape index (κ3) is 2.27. The molecule has 0 amide bonds. The summed E-state index contributed by atoms with van der Waals surface area (Å²) in [4.78, 5) is 3.85. The van der Waals surface area contributed by atoms with E-state index in [-0.39, 0.29) is 0 Å². The largest absolute Gasteiger partial charge is 0.396 e. The van der Waals surface area contributed by atoms with Crippen LogP contribution in [0, 0.1) is 0 Å². The Hall–Kier alpha value is -0.960. The van der Waals surface area contributed by atoms with Crippen molar-refractivity contribution in [2.24, 2.45) is 0 Å². The Balaban J connectivity index is 2.90. The highest BCUT2D eigenvalue weighted by Crippen LogP contribution is 2.20. The van der Waals surface area contributed by atoms with Crippen LogP contribution >= 0.6 is 11.6 Å². The summed E-state index contributed by atoms with van der Waals surface area (Å²) in [5, 5.41) is 3.62. The molecule has 0 aliphatic heterocycles. The van der Waals surface area contributed by atoms with Gasteiger partial charge in [0.2, 0.25) is 0 Å². The zero-order valence-electron chi connectivity index (χ0n) is 7.13. The Kier molecular flexibility index (Phi) is 2.76. The molecule has 3 N–H and O–H groups in total. The SMILES string of the molecule is CC(C)Nc1cc(Cl)ncc1N. The lowest BCUT2D eigenvalue weighted by atomic mass is 10.3. The van der Waals surface area contributed by atoms with E-state index in [4.69, 9.17) is 17.3 Å². The third-order valence-corrected chi connectivity index (χ3v) is 1.55. The Morgan fingerprint density at radius 2 is 2.25 bits per heavy atom. The van der Waals surface area contributed by atoms with Crippen molar-refractivity contribution in [3.63, 3.8) is 0 Å². The molecule has 0 fully saturated rings. The number of nitrogens with one attached hydrogen (secondary N) is 1. The van der Waals surface area contributed by atoms with Gasteiger partial charge < -0.3 is 11.1 Å². The quantitative estimate of drug-likeness (QED) is 0.695. The Labute approximate surface area is 76.9 Å². The van der Waals surface area contributed by atoms with Gasteiger partial charge in [0.25, 0.3) is 0 Å². The van der Waals surface area contributed by atoms with Gasteiger partial charge >= 0.3 is 0 Å². The first-order valence-corrected chi connectivity index (χ1v) is 4.15. The lowest BCUT2D eigenvalue weighted by molar-refractivity contribution is 0.899. The van der Waals surface area contributed by atoms with Crippen molar-refractivity contribution >= 4 is 23.0 Å². The van der Waals surface area contributed by atoms with E-state index in [0.29, 0.717) is 16.9 Å². The van der Waals surface area contributed by atoms with Crippen molar-refractivity contribution < 1.29 is 0 Å². The van der Waals surface area contributed by atoms with Crippen LogP contribution in [0.15, 0.2) is 12.3 Å². The highest BCUT2D eigenvalue weighted by molar-refractivity contribution is 6.29. The Morgan fingerprint density at radius 3 is 2.83 bits per heavy atom. The zero-order valence-corrected chi connectivity index (χ0v) is 7.89. The van der Waals surface area contributed by atoms with E-state index >= 15 is 0 Å². The van der Waals surface area contributed by atoms with E-state index in [1.54, 1.807) is 12.3 Å². The lowest BCUT2D eigenvalue weighted by Crippen LogP contribution is -2.11. The highest BCUT2D eigenvalue weighted by Gasteiger charge is 2.01. The summed E-state index contributed by atoms with van der Waals surface area (Å²) in [5.41, 5.74) is 7.11. The number of nitrogen functional groups attached to an aromatic ring is 1. The summed E-state index contributed by atoms with van der Waals surface area (Å²) in [6, 6.07) is 2.06. The maximum atomic E-state index is 5.69. The van der Waals surface area contributed by atoms with Gasteiger partial charge in [0.05, 0.1) is 17.6 Å². The number of pyridine rings is 1. The Morgan fingerprint density at radius 1 is 1.58 bits per heavy atom. The topological polar surface area (TPSA) is 50.9 Å². The molecule has 0 bridgehead atoms. The standard InChI is InChI=1S/C8H12ClN3/c1-5(2)12-7-3-8(9)11-4-6(7)10/h3-5H,10H2,1-2H3,(H,11,12). The van der Waals surface area contributed by atoms with Gasteiger partial charge in [-0.2, -0.15) is 0 Å². The van der Waals surface area contributed by atoms with Crippen LogP contribution in [0.25, 0.3) is 0 Å². The number of nitrogens with two attached hydrogens (primary N) is 1. The van der Waals surface area contributed by atoms with Crippen LogP contribution in [-0.4, -0.2) is 11.0 Å². The molecule has 0 saturated carbocycles. The van der Waals surface area contributed by atoms with E-state index in [1.165, 1.54) is 0 Å². The molecule has 0 saturated heterocycles. The van der Waals surface area contributed by atoms with Crippen molar-refractivity contribution in [2.45, 2.75) is 19.9 Å². The minimum Gasteiger partial charge on any atom is -0.396 e. The van der Waals surface area contributed by atoms with E-state index in [2.05, 4.69) is 10.3 Å². The molecule has 1 aromatic rings. The van der Waals surface area contributed by atoms with Crippen LogP contribution in [0.4, 0.5) is 11.4 Å². The molecular formula is C8H12ClN3. The number of hydrogen-bond acceptors (Lipinski definition) is 3. The van der Waals surface area contributed by atoms with Gasteiger partial charge in [-0.15, -0.1) is 0 Å². The highest BCUT2D eigenvalue weighted by atomic mass is 35.5. The van der Waals surface area contributed by atoms with E-state index in [0.717, 1.165) is 5.69 Å². The van der Waals surface area contributed by atoms with Gasteiger partial charge in [0.1, 0.15) is 5.15 Å². The maximum absolute atomic E-state index is 5.69. The molecule has 3 nitrogen and oxygen atoms in total. The zero-order chi connectivity index (χ0) is 9.14. The van der Waals surface area contributed by atoms with Crippen molar-refractivity contribution in [1.29, 1.82) is 0 Å². The average Bonchev–Trinajstić information content (AvgIpc) is 1.96. The van der Waals surface area contributed by atoms with E-state index in [1.807, 2.05) is 13.8 Å². The van der Waals surface area contributed by atoms with Gasteiger partial charge in [0.15, 0.2) is 0 Å². The van der Waals surface area contributed by atoms with Crippen molar-refractivity contribution in [2.75, 3.05) is 11.1 Å². The second kappa shape index (κ2) is 3.63. The molecule has 0 unspecified atom stereocenters. The predicted octanol–water partition coefficient (Wildman–Crippen LogP) is 2.14. The lowest BCUT2D eigenvalue weighted by Gasteiger charge is -2.11. The molecular weight excluding hydrogens is 174 g/mol. The maximum Gasteiger partial charge on any atom is 0.131 e. The van der Waals surface area contributed by atoms with Gasteiger partial charge in [-0.25, -0.2) is 4.98 Å². The molecule has 4 heteroatoms. The molecule has 66 valence electrons. The molecule has 0 spiro atoms. The average molecular weight is 186 g/mol. The Bertz CT molecular complexity index is 273. The van der Waals surface area contributed by atoms with Crippen LogP contribution in [0.5, 0.6) is 0 Å². The second-order valence-corrected chi connectivity index (χ2v) is 3.28. The molecule has 1 heterocycles. The smallest absolute Gasteiger partial charge is 0.131 e. The number of anilines is 2. The fourth-order valence-electron chi connectivity index (χ4n) is 0.876. The van der Waals surface area contributed by atoms with Gasteiger partial charge in [-0.05, 0) is 13.8 Å². The molecule has 0 radical (unpaired) electrons. The molecule has 0 aliphatic rings. The molecule has 0 aromatic carbocycles. The van der Waals surface area contributed by atoms with Crippen molar-refractivity contribution in [3.05, 3.63) is 17.4 Å². The second-order valence-electron chi connectivity index (χ2n) is 2.89. The first-order chi connectivity index (χ1) is 5.59. The van der Waals surface area contributed by atoms with Crippen LogP contribution in [-0.2, 0) is 0 Å². The number of nitrogens with zero attached hydrogens (tertiary/aromatic N) is 1. The summed E-state index contributed by atoms with van der Waals surface area (Å²) in [7, 11) is 0. The first-order valence-electron chi connectivity index (χ1n) is 3.77. The molecule has 0 atom stereocenters. The summed E-state index contributed by atoms with van der Waals surface area (Å²) in [6.07, 6.45) is 1.55. The summed E-state index contributed by atoms with van der Waals surface area (Å²) in [6.45, 7) is 4.07. The fourth-order valence-corrected chi connectivity index (χ4v) is 1.03. The molecule has 1 aromatic heterocycles. The number of hydrogen-bond donors (Lipinski definition) is 2. The molecule has 1 rings (SSSR count). The molecule has 0 aliphatic carbocycles. The van der Waals surface area contributed by atoms with Gasteiger partial charge in [-0.3, -0.25) is 0 Å². The van der Waals surface area contributed by atoms with Crippen molar-refractivity contribution in [1.82, 2.24) is 4.98 Å². The summed E-state index contributed by atoms with van der Waals surface area (Å²) >= 11 is 5.69. The van der Waals surface area contributed by atoms with Crippen LogP contribution in [0.1, 0.15) is 13.8 Å². The first kappa shape index (κ1) is 9.13. The normalized spacial score (nSPS) is 10.3. The monoisotopic (exact) mass is 185 g/mol. The van der Waals surface area contributed by atoms with Crippen LogP contribution in [0.2, 0.25) is 5.15 Å². The summed E-state index contributed by atoms with van der Waals surface area (Å²) in [5.74, 6) is 0. The summed E-state index contributed by atoms with van der Waals surface area (Å²) < 4.78 is 0.